The maximum absolute atomic E-state index is 11.5. The van der Waals surface area contributed by atoms with Crippen LogP contribution in [0, 0.1) is 0 Å². The highest BCUT2D eigenvalue weighted by molar-refractivity contribution is 5.87. The van der Waals surface area contributed by atoms with E-state index in [1.165, 1.54) is 46.3 Å². The number of nitrogens with one attached hydrogen (secondary N) is 1. The number of nitrogens with zero attached hydrogens (tertiary/aromatic N) is 1. The normalized spacial score (nSPS) is 15.2. The maximum atomic E-state index is 11.5. The van der Waals surface area contributed by atoms with Gasteiger partial charge in [0.05, 0.1) is 7.11 Å². The number of methoxy groups -OCH3 is 1. The number of benzene rings is 3. The van der Waals surface area contributed by atoms with Crippen molar-refractivity contribution in [3.63, 3.8) is 0 Å². The zero-order chi connectivity index (χ0) is 24.0. The number of fused-ring (bicyclic) bond motifs is 2. The summed E-state index contributed by atoms with van der Waals surface area (Å²) in [5, 5.41) is 1.32. The Balaban J connectivity index is 1.35. The number of ether oxygens (including phenoxy) is 1. The van der Waals surface area contributed by atoms with Crippen molar-refractivity contribution in [1.29, 1.82) is 0 Å². The highest BCUT2D eigenvalue weighted by Gasteiger charge is 2.28. The molecule has 0 bridgehead atoms. The fourth-order valence-corrected chi connectivity index (χ4v) is 5.27. The van der Waals surface area contributed by atoms with Crippen molar-refractivity contribution in [2.45, 2.75) is 31.7 Å². The third-order valence-corrected chi connectivity index (χ3v) is 7.14. The van der Waals surface area contributed by atoms with Gasteiger partial charge in [-0.25, -0.2) is 4.79 Å². The molecule has 0 spiro atoms. The van der Waals surface area contributed by atoms with Crippen molar-refractivity contribution in [3.05, 3.63) is 113 Å². The molecule has 1 unspecified atom stereocenters. The van der Waals surface area contributed by atoms with Gasteiger partial charge in [-0.3, -0.25) is 4.90 Å². The molecule has 1 N–H and O–H groups in total. The molecule has 1 aliphatic rings. The summed E-state index contributed by atoms with van der Waals surface area (Å²) < 4.78 is 4.73. The van der Waals surface area contributed by atoms with Gasteiger partial charge < -0.3 is 9.72 Å². The molecule has 1 heterocycles. The van der Waals surface area contributed by atoms with Crippen LogP contribution in [0.25, 0.3) is 17.0 Å². The summed E-state index contributed by atoms with van der Waals surface area (Å²) >= 11 is 0. The lowest BCUT2D eigenvalue weighted by Gasteiger charge is -2.30. The second kappa shape index (κ2) is 10.7. The number of esters is 1. The van der Waals surface area contributed by atoms with E-state index in [4.69, 9.17) is 4.74 Å². The van der Waals surface area contributed by atoms with Gasteiger partial charge in [0.2, 0.25) is 0 Å². The molecule has 0 aliphatic heterocycles. The second-order valence-corrected chi connectivity index (χ2v) is 9.25. The Bertz CT molecular complexity index is 1320. The van der Waals surface area contributed by atoms with Crippen LogP contribution < -0.4 is 0 Å². The molecule has 0 saturated carbocycles. The third kappa shape index (κ3) is 5.39. The fraction of sp³-hybridized carbons (Fsp3) is 0.258. The minimum absolute atomic E-state index is 0.326. The Morgan fingerprint density at radius 2 is 1.83 bits per heavy atom. The first-order chi connectivity index (χ1) is 17.2. The summed E-state index contributed by atoms with van der Waals surface area (Å²) in [6, 6.07) is 26.3. The number of rotatable bonds is 9. The topological polar surface area (TPSA) is 45.3 Å². The van der Waals surface area contributed by atoms with Crippen LogP contribution in [0.5, 0.6) is 0 Å². The fourth-order valence-electron chi connectivity index (χ4n) is 5.27. The van der Waals surface area contributed by atoms with E-state index in [2.05, 4.69) is 88.9 Å². The van der Waals surface area contributed by atoms with Gasteiger partial charge in [0, 0.05) is 42.3 Å². The molecule has 4 heteroatoms. The van der Waals surface area contributed by atoms with Gasteiger partial charge in [0.1, 0.15) is 0 Å². The predicted molar refractivity (Wildman–Crippen MR) is 142 cm³/mol. The monoisotopic (exact) mass is 464 g/mol. The quantitative estimate of drug-likeness (QED) is 0.239. The van der Waals surface area contributed by atoms with Crippen molar-refractivity contribution in [1.82, 2.24) is 9.88 Å². The molecule has 0 amide bonds. The lowest BCUT2D eigenvalue weighted by molar-refractivity contribution is -0.134. The Morgan fingerprint density at radius 3 is 2.69 bits per heavy atom. The molecule has 0 saturated heterocycles. The summed E-state index contributed by atoms with van der Waals surface area (Å²) in [6.07, 6.45) is 9.75. The van der Waals surface area contributed by atoms with Crippen molar-refractivity contribution in [3.8, 4) is 0 Å². The number of carbonyl (C=O) groups excluding carboxylic acids is 1. The Hall–Kier alpha value is -3.63. The van der Waals surface area contributed by atoms with Gasteiger partial charge in [-0.05, 0) is 65.6 Å². The number of aromatic amines is 1. The van der Waals surface area contributed by atoms with Crippen LogP contribution in [-0.2, 0) is 28.8 Å². The van der Waals surface area contributed by atoms with Crippen LogP contribution in [-0.4, -0.2) is 36.1 Å². The zero-order valence-corrected chi connectivity index (χ0v) is 20.2. The molecule has 0 radical (unpaired) electrons. The molecular weight excluding hydrogens is 432 g/mol. The number of aryl methyl sites for hydroxylation is 1. The van der Waals surface area contributed by atoms with Crippen molar-refractivity contribution < 1.29 is 9.53 Å². The van der Waals surface area contributed by atoms with E-state index in [1.54, 1.807) is 0 Å². The summed E-state index contributed by atoms with van der Waals surface area (Å²) in [7, 11) is 1.40. The van der Waals surface area contributed by atoms with E-state index in [-0.39, 0.29) is 5.97 Å². The Labute approximate surface area is 207 Å². The van der Waals surface area contributed by atoms with Crippen molar-refractivity contribution in [2.24, 2.45) is 0 Å². The van der Waals surface area contributed by atoms with Gasteiger partial charge in [0.25, 0.3) is 0 Å². The molecule has 0 fully saturated rings. The largest absolute Gasteiger partial charge is 0.466 e. The first-order valence-electron chi connectivity index (χ1n) is 12.4. The van der Waals surface area contributed by atoms with Crippen LogP contribution in [0.3, 0.4) is 0 Å². The molecule has 1 atom stereocenters. The first-order valence-corrected chi connectivity index (χ1v) is 12.4. The van der Waals surface area contributed by atoms with Crippen molar-refractivity contribution in [2.75, 3.05) is 20.2 Å². The number of hydrogen-bond acceptors (Lipinski definition) is 3. The van der Waals surface area contributed by atoms with E-state index in [0.29, 0.717) is 6.04 Å². The third-order valence-electron chi connectivity index (χ3n) is 7.14. The summed E-state index contributed by atoms with van der Waals surface area (Å²) in [6.45, 7) is 2.04. The molecule has 1 aromatic heterocycles. The number of H-pyrrole nitrogens is 1. The number of para-hydroxylation sites is 1. The summed E-state index contributed by atoms with van der Waals surface area (Å²) in [5.41, 5.74) is 7.82. The van der Waals surface area contributed by atoms with Crippen LogP contribution >= 0.6 is 0 Å². The van der Waals surface area contributed by atoms with Gasteiger partial charge in [-0.15, -0.1) is 0 Å². The molecule has 35 heavy (non-hydrogen) atoms. The number of aromatic nitrogens is 1. The average Bonchev–Trinajstić information content (AvgIpc) is 3.52. The minimum Gasteiger partial charge on any atom is -0.466 e. The molecule has 5 rings (SSSR count). The first kappa shape index (κ1) is 23.1. The summed E-state index contributed by atoms with van der Waals surface area (Å²) in [4.78, 5) is 17.6. The van der Waals surface area contributed by atoms with Gasteiger partial charge in [-0.1, -0.05) is 66.7 Å². The second-order valence-electron chi connectivity index (χ2n) is 9.25. The lowest BCUT2D eigenvalue weighted by Crippen LogP contribution is -2.31. The molecule has 178 valence electrons. The standard InChI is InChI=1S/C31H32N2O2/c1-35-31(34)16-12-24-11-14-28-25(21-24)13-15-30(28)33(19-17-23-7-3-2-4-8-23)20-18-26-22-32-29-10-6-5-9-27(26)29/h2-12,14,16,21-22,30,32H,13,15,17-20H2,1H3. The highest BCUT2D eigenvalue weighted by Crippen LogP contribution is 2.37. The lowest BCUT2D eigenvalue weighted by atomic mass is 10.0. The number of hydrogen-bond donors (Lipinski definition) is 1. The smallest absolute Gasteiger partial charge is 0.330 e. The minimum atomic E-state index is -0.326. The van der Waals surface area contributed by atoms with Gasteiger partial charge in [0.15, 0.2) is 0 Å². The zero-order valence-electron chi connectivity index (χ0n) is 20.2. The van der Waals surface area contributed by atoms with Crippen LogP contribution in [0.2, 0.25) is 0 Å². The summed E-state index contributed by atoms with van der Waals surface area (Å²) in [5.74, 6) is -0.326. The van der Waals surface area contributed by atoms with Gasteiger partial charge in [-0.2, -0.15) is 0 Å². The highest BCUT2D eigenvalue weighted by atomic mass is 16.5. The average molecular weight is 465 g/mol. The molecular formula is C31H32N2O2. The Kier molecular flexibility index (Phi) is 7.10. The van der Waals surface area contributed by atoms with Crippen LogP contribution in [0.1, 0.15) is 40.3 Å². The van der Waals surface area contributed by atoms with E-state index < -0.39 is 0 Å². The molecule has 1 aliphatic carbocycles. The molecule has 4 aromatic rings. The predicted octanol–water partition coefficient (Wildman–Crippen LogP) is 6.13. The number of carbonyl (C=O) groups is 1. The molecule has 4 nitrogen and oxygen atoms in total. The van der Waals surface area contributed by atoms with E-state index in [0.717, 1.165) is 44.3 Å². The van der Waals surface area contributed by atoms with E-state index in [9.17, 15) is 4.79 Å². The van der Waals surface area contributed by atoms with Crippen molar-refractivity contribution >= 4 is 22.9 Å². The van der Waals surface area contributed by atoms with Gasteiger partial charge >= 0.3 is 5.97 Å². The maximum Gasteiger partial charge on any atom is 0.330 e. The molecule has 3 aromatic carbocycles. The SMILES string of the molecule is COC(=O)C=Cc1ccc2c(c1)CCC2N(CCc1ccccc1)CCc1c[nH]c2ccccc12. The van der Waals surface area contributed by atoms with Crippen LogP contribution in [0.4, 0.5) is 0 Å². The van der Waals surface area contributed by atoms with E-state index >= 15 is 0 Å². The Morgan fingerprint density at radius 1 is 1.03 bits per heavy atom. The van der Waals surface area contributed by atoms with Crippen LogP contribution in [0.15, 0.2) is 85.1 Å². The van der Waals surface area contributed by atoms with E-state index in [1.807, 2.05) is 6.08 Å².